The van der Waals surface area contributed by atoms with Gasteiger partial charge >= 0.3 is 0 Å². The fraction of sp³-hybridized carbons (Fsp3) is 0.273. The predicted molar refractivity (Wildman–Crippen MR) is 117 cm³/mol. The third-order valence-electron chi connectivity index (χ3n) is 4.48. The number of thiophene rings is 2. The second kappa shape index (κ2) is 10.2. The number of hydrogen-bond acceptors (Lipinski definition) is 5. The number of nitrogens with one attached hydrogen (secondary N) is 1. The predicted octanol–water partition coefficient (Wildman–Crippen LogP) is 4.61. The van der Waals surface area contributed by atoms with E-state index in [-0.39, 0.29) is 24.3 Å². The van der Waals surface area contributed by atoms with Crippen LogP contribution < -0.4 is 10.1 Å². The van der Waals surface area contributed by atoms with E-state index in [0.29, 0.717) is 13.1 Å². The smallest absolute Gasteiger partial charge is 0.225 e. The fourth-order valence-electron chi connectivity index (χ4n) is 3.05. The molecule has 1 aromatic carbocycles. The number of hydrogen-bond donors (Lipinski definition) is 1. The lowest BCUT2D eigenvalue weighted by atomic mass is 10.0. The van der Waals surface area contributed by atoms with Crippen molar-refractivity contribution in [2.24, 2.45) is 0 Å². The van der Waals surface area contributed by atoms with Crippen molar-refractivity contribution in [3.63, 3.8) is 0 Å². The molecule has 0 saturated carbocycles. The second-order valence-corrected chi connectivity index (χ2v) is 8.70. The molecule has 1 atom stereocenters. The molecule has 1 unspecified atom stereocenters. The molecule has 2 amide bonds. The van der Waals surface area contributed by atoms with E-state index < -0.39 is 0 Å². The topological polar surface area (TPSA) is 58.6 Å². The number of methoxy groups -OCH3 is 1. The van der Waals surface area contributed by atoms with E-state index in [4.69, 9.17) is 4.74 Å². The molecule has 0 bridgehead atoms. The third-order valence-corrected chi connectivity index (χ3v) is 6.20. The highest BCUT2D eigenvalue weighted by Gasteiger charge is 2.22. The molecule has 0 fully saturated rings. The van der Waals surface area contributed by atoms with Crippen LogP contribution in [0, 0.1) is 0 Å². The van der Waals surface area contributed by atoms with Gasteiger partial charge in [-0.3, -0.25) is 9.59 Å². The van der Waals surface area contributed by atoms with Crippen LogP contribution >= 0.6 is 22.7 Å². The summed E-state index contributed by atoms with van der Waals surface area (Å²) in [6.07, 6.45) is 0.197. The van der Waals surface area contributed by atoms with Gasteiger partial charge in [0.25, 0.3) is 0 Å². The van der Waals surface area contributed by atoms with E-state index in [2.05, 4.69) is 5.32 Å². The number of amides is 2. The van der Waals surface area contributed by atoms with Crippen LogP contribution in [0.4, 0.5) is 0 Å². The molecule has 3 rings (SSSR count). The Morgan fingerprint density at radius 1 is 1.00 bits per heavy atom. The van der Waals surface area contributed by atoms with Crippen molar-refractivity contribution in [3.8, 4) is 5.75 Å². The summed E-state index contributed by atoms with van der Waals surface area (Å²) in [5.41, 5.74) is 0.876. The van der Waals surface area contributed by atoms with Gasteiger partial charge in [0.2, 0.25) is 11.8 Å². The van der Waals surface area contributed by atoms with E-state index in [1.165, 1.54) is 6.92 Å². The molecule has 0 aliphatic heterocycles. The van der Waals surface area contributed by atoms with Gasteiger partial charge in [-0.25, -0.2) is 0 Å². The monoisotopic (exact) mass is 428 g/mol. The van der Waals surface area contributed by atoms with Crippen molar-refractivity contribution in [2.75, 3.05) is 7.11 Å². The summed E-state index contributed by atoms with van der Waals surface area (Å²) in [6.45, 7) is 2.59. The van der Waals surface area contributed by atoms with Gasteiger partial charge in [0.1, 0.15) is 5.75 Å². The van der Waals surface area contributed by atoms with Crippen molar-refractivity contribution < 1.29 is 14.3 Å². The van der Waals surface area contributed by atoms with Crippen LogP contribution in [-0.2, 0) is 22.7 Å². The Hall–Kier alpha value is -2.64. The summed E-state index contributed by atoms with van der Waals surface area (Å²) in [4.78, 5) is 29.1. The largest absolute Gasteiger partial charge is 0.497 e. The molecular formula is C22H24N2O3S2. The molecule has 152 valence electrons. The zero-order valence-electron chi connectivity index (χ0n) is 16.5. The molecule has 0 radical (unpaired) electrons. The van der Waals surface area contributed by atoms with Crippen LogP contribution in [0.5, 0.6) is 5.75 Å². The van der Waals surface area contributed by atoms with Gasteiger partial charge in [-0.05, 0) is 40.6 Å². The molecule has 2 heterocycles. The molecule has 0 saturated heterocycles. The van der Waals surface area contributed by atoms with Gasteiger partial charge in [0, 0.05) is 16.7 Å². The number of carbonyl (C=O) groups excluding carboxylic acids is 2. The second-order valence-electron chi connectivity index (χ2n) is 6.64. The van der Waals surface area contributed by atoms with E-state index in [1.807, 2.05) is 64.2 Å². The van der Waals surface area contributed by atoms with Crippen molar-refractivity contribution in [1.82, 2.24) is 10.2 Å². The Morgan fingerprint density at radius 2 is 1.59 bits per heavy atom. The number of carbonyl (C=O) groups is 2. The average Bonchev–Trinajstić information content (AvgIpc) is 3.41. The van der Waals surface area contributed by atoms with Gasteiger partial charge in [-0.15, -0.1) is 22.7 Å². The van der Waals surface area contributed by atoms with E-state index in [9.17, 15) is 9.59 Å². The maximum atomic E-state index is 13.2. The number of nitrogens with zero attached hydrogens (tertiary/aromatic N) is 1. The standard InChI is InChI=1S/C22H24N2O3S2/c1-16(25)23-21(17-7-9-18(27-2)10-8-17)13-22(26)24(14-19-5-3-11-28-19)15-20-6-4-12-29-20/h3-12,21H,13-15H2,1-2H3,(H,23,25). The minimum atomic E-state index is -0.389. The molecule has 29 heavy (non-hydrogen) atoms. The lowest BCUT2D eigenvalue weighted by Crippen LogP contribution is -2.35. The zero-order valence-corrected chi connectivity index (χ0v) is 18.1. The number of rotatable bonds is 9. The summed E-state index contributed by atoms with van der Waals surface area (Å²) in [6, 6.07) is 15.1. The van der Waals surface area contributed by atoms with Crippen LogP contribution in [0.15, 0.2) is 59.3 Å². The summed E-state index contributed by atoms with van der Waals surface area (Å²) in [5.74, 6) is 0.571. The van der Waals surface area contributed by atoms with Crippen molar-refractivity contribution >= 4 is 34.5 Å². The highest BCUT2D eigenvalue weighted by molar-refractivity contribution is 7.10. The Balaban J connectivity index is 1.78. The summed E-state index contributed by atoms with van der Waals surface area (Å²) in [7, 11) is 1.61. The molecule has 1 N–H and O–H groups in total. The van der Waals surface area contributed by atoms with Gasteiger partial charge in [-0.1, -0.05) is 24.3 Å². The summed E-state index contributed by atoms with van der Waals surface area (Å²) in [5, 5.41) is 6.94. The van der Waals surface area contributed by atoms with Gasteiger partial charge in [0.15, 0.2) is 0 Å². The Kier molecular flexibility index (Phi) is 7.43. The Morgan fingerprint density at radius 3 is 2.03 bits per heavy atom. The average molecular weight is 429 g/mol. The van der Waals surface area contributed by atoms with Crippen molar-refractivity contribution in [1.29, 1.82) is 0 Å². The minimum absolute atomic E-state index is 0.00127. The third kappa shape index (κ3) is 6.17. The van der Waals surface area contributed by atoms with Gasteiger partial charge in [-0.2, -0.15) is 0 Å². The lowest BCUT2D eigenvalue weighted by Gasteiger charge is -2.25. The van der Waals surface area contributed by atoms with Crippen LogP contribution in [0.2, 0.25) is 0 Å². The molecule has 0 aliphatic carbocycles. The van der Waals surface area contributed by atoms with Crippen LogP contribution in [0.25, 0.3) is 0 Å². The van der Waals surface area contributed by atoms with E-state index in [0.717, 1.165) is 21.1 Å². The lowest BCUT2D eigenvalue weighted by molar-refractivity contribution is -0.133. The van der Waals surface area contributed by atoms with Crippen LogP contribution in [0.1, 0.15) is 34.7 Å². The van der Waals surface area contributed by atoms with Gasteiger partial charge < -0.3 is 15.0 Å². The zero-order chi connectivity index (χ0) is 20.6. The van der Waals surface area contributed by atoms with Crippen LogP contribution in [0.3, 0.4) is 0 Å². The first-order chi connectivity index (χ1) is 14.0. The normalized spacial score (nSPS) is 11.7. The SMILES string of the molecule is COc1ccc(C(CC(=O)N(Cc2cccs2)Cc2cccs2)NC(C)=O)cc1. The summed E-state index contributed by atoms with van der Waals surface area (Å²) >= 11 is 3.27. The first-order valence-electron chi connectivity index (χ1n) is 9.28. The highest BCUT2D eigenvalue weighted by atomic mass is 32.1. The number of ether oxygens (including phenoxy) is 1. The fourth-order valence-corrected chi connectivity index (χ4v) is 4.49. The van der Waals surface area contributed by atoms with Crippen LogP contribution in [-0.4, -0.2) is 23.8 Å². The van der Waals surface area contributed by atoms with Crippen molar-refractivity contribution in [2.45, 2.75) is 32.5 Å². The Bertz CT molecular complexity index is 870. The molecule has 2 aromatic heterocycles. The maximum absolute atomic E-state index is 13.2. The highest BCUT2D eigenvalue weighted by Crippen LogP contribution is 2.24. The molecule has 3 aromatic rings. The molecule has 5 nitrogen and oxygen atoms in total. The van der Waals surface area contributed by atoms with Gasteiger partial charge in [0.05, 0.1) is 32.7 Å². The minimum Gasteiger partial charge on any atom is -0.497 e. The molecule has 0 spiro atoms. The Labute approximate surface area is 178 Å². The quantitative estimate of drug-likeness (QED) is 0.541. The van der Waals surface area contributed by atoms with E-state index >= 15 is 0 Å². The number of benzene rings is 1. The molecule has 0 aliphatic rings. The first-order valence-corrected chi connectivity index (χ1v) is 11.0. The van der Waals surface area contributed by atoms with Crippen molar-refractivity contribution in [3.05, 3.63) is 74.6 Å². The summed E-state index contributed by atoms with van der Waals surface area (Å²) < 4.78 is 5.21. The maximum Gasteiger partial charge on any atom is 0.225 e. The molecular weight excluding hydrogens is 404 g/mol. The van der Waals surface area contributed by atoms with E-state index in [1.54, 1.807) is 29.8 Å². The molecule has 7 heteroatoms. The first kappa shape index (κ1) is 21.1.